The van der Waals surface area contributed by atoms with Gasteiger partial charge in [-0.1, -0.05) is 11.8 Å². The topological polar surface area (TPSA) is 90.9 Å². The molecule has 0 aliphatic heterocycles. The molecule has 0 aliphatic rings. The first-order valence-electron chi connectivity index (χ1n) is 4.35. The second kappa shape index (κ2) is 4.84. The minimum absolute atomic E-state index is 0.202. The molecular weight excluding hydrogens is 236 g/mol. The van der Waals surface area contributed by atoms with Crippen LogP contribution in [0, 0.1) is 0 Å². The second-order valence-electron chi connectivity index (χ2n) is 3.23. The molecule has 0 fully saturated rings. The molecule has 15 heavy (non-hydrogen) atoms. The lowest BCUT2D eigenvalue weighted by Crippen LogP contribution is -2.04. The number of anilines is 1. The molecule has 1 aromatic rings. The third-order valence-corrected chi connectivity index (χ3v) is 3.90. The summed E-state index contributed by atoms with van der Waals surface area (Å²) in [4.78, 5) is 0. The van der Waals surface area contributed by atoms with E-state index in [1.165, 1.54) is 18.0 Å². The number of hydrogen-bond acceptors (Lipinski definition) is 6. The van der Waals surface area contributed by atoms with Crippen LogP contribution in [0.1, 0.15) is 6.42 Å². The number of thioether (sulfide) groups is 1. The normalized spacial score (nSPS) is 11.9. The summed E-state index contributed by atoms with van der Waals surface area (Å²) >= 11 is 1.45. The van der Waals surface area contributed by atoms with Crippen LogP contribution in [0.4, 0.5) is 5.95 Å². The third-order valence-electron chi connectivity index (χ3n) is 1.76. The Morgan fingerprint density at radius 2 is 2.13 bits per heavy atom. The molecule has 0 spiro atoms. The average Bonchev–Trinajstić information content (AvgIpc) is 2.42. The van der Waals surface area contributed by atoms with Gasteiger partial charge in [0.15, 0.2) is 5.16 Å². The van der Waals surface area contributed by atoms with Gasteiger partial charge in [-0.3, -0.25) is 4.57 Å². The Bertz CT molecular complexity index is 426. The van der Waals surface area contributed by atoms with Crippen molar-refractivity contribution in [2.75, 3.05) is 23.5 Å². The van der Waals surface area contributed by atoms with Crippen LogP contribution in [-0.2, 0) is 16.9 Å². The fraction of sp³-hybridized carbons (Fsp3) is 0.714. The summed E-state index contributed by atoms with van der Waals surface area (Å²) < 4.78 is 23.4. The van der Waals surface area contributed by atoms with E-state index in [2.05, 4.69) is 10.2 Å². The van der Waals surface area contributed by atoms with E-state index in [0.717, 1.165) is 0 Å². The van der Waals surface area contributed by atoms with E-state index in [-0.39, 0.29) is 5.75 Å². The van der Waals surface area contributed by atoms with Crippen LogP contribution in [0.25, 0.3) is 0 Å². The summed E-state index contributed by atoms with van der Waals surface area (Å²) in [6, 6.07) is 0. The lowest BCUT2D eigenvalue weighted by atomic mass is 10.6. The van der Waals surface area contributed by atoms with Gasteiger partial charge in [-0.25, -0.2) is 8.42 Å². The molecule has 6 nitrogen and oxygen atoms in total. The molecule has 0 saturated carbocycles. The summed E-state index contributed by atoms with van der Waals surface area (Å²) in [5.41, 5.74) is 5.49. The van der Waals surface area contributed by atoms with Crippen LogP contribution >= 0.6 is 11.8 Å². The lowest BCUT2D eigenvalue weighted by Gasteiger charge is -2.00. The van der Waals surface area contributed by atoms with Crippen LogP contribution in [0.15, 0.2) is 5.16 Å². The van der Waals surface area contributed by atoms with Crippen molar-refractivity contribution in [3.8, 4) is 0 Å². The van der Waals surface area contributed by atoms with Crippen molar-refractivity contribution in [1.82, 2.24) is 14.8 Å². The van der Waals surface area contributed by atoms with Gasteiger partial charge in [0, 0.05) is 19.1 Å². The minimum Gasteiger partial charge on any atom is -0.368 e. The number of nitrogens with two attached hydrogens (primary N) is 1. The highest BCUT2D eigenvalue weighted by Crippen LogP contribution is 2.17. The van der Waals surface area contributed by atoms with Crippen molar-refractivity contribution in [2.24, 2.45) is 7.05 Å². The number of nitrogen functional groups attached to an aromatic ring is 1. The van der Waals surface area contributed by atoms with Crippen molar-refractivity contribution >= 4 is 27.5 Å². The first-order valence-corrected chi connectivity index (χ1v) is 7.40. The van der Waals surface area contributed by atoms with Gasteiger partial charge in [-0.2, -0.15) is 0 Å². The van der Waals surface area contributed by atoms with Gasteiger partial charge in [0.05, 0.1) is 5.75 Å². The highest BCUT2D eigenvalue weighted by molar-refractivity contribution is 7.99. The molecule has 2 N–H and O–H groups in total. The number of aromatic nitrogens is 3. The maximum absolute atomic E-state index is 10.9. The summed E-state index contributed by atoms with van der Waals surface area (Å²) in [5.74, 6) is 1.26. The molecule has 0 aliphatic carbocycles. The van der Waals surface area contributed by atoms with Gasteiger partial charge in [0.25, 0.3) is 0 Å². The molecule has 0 aromatic carbocycles. The van der Waals surface area contributed by atoms with Gasteiger partial charge >= 0.3 is 0 Å². The largest absolute Gasteiger partial charge is 0.368 e. The van der Waals surface area contributed by atoms with E-state index in [9.17, 15) is 8.42 Å². The fourth-order valence-corrected chi connectivity index (χ4v) is 2.64. The minimum atomic E-state index is -2.86. The third kappa shape index (κ3) is 4.08. The van der Waals surface area contributed by atoms with Gasteiger partial charge in [0.2, 0.25) is 5.95 Å². The van der Waals surface area contributed by atoms with Crippen LogP contribution in [0.3, 0.4) is 0 Å². The monoisotopic (exact) mass is 250 g/mol. The van der Waals surface area contributed by atoms with Crippen molar-refractivity contribution < 1.29 is 8.42 Å². The summed E-state index contributed by atoms with van der Waals surface area (Å²) in [6.45, 7) is 0. The van der Waals surface area contributed by atoms with Crippen LogP contribution in [-0.4, -0.2) is 40.9 Å². The molecule has 1 rings (SSSR count). The van der Waals surface area contributed by atoms with Gasteiger partial charge in [0.1, 0.15) is 9.84 Å². The Morgan fingerprint density at radius 1 is 1.47 bits per heavy atom. The molecule has 0 bridgehead atoms. The van der Waals surface area contributed by atoms with E-state index < -0.39 is 9.84 Å². The molecule has 1 heterocycles. The zero-order valence-corrected chi connectivity index (χ0v) is 10.3. The highest BCUT2D eigenvalue weighted by Gasteiger charge is 2.07. The van der Waals surface area contributed by atoms with Gasteiger partial charge in [-0.15, -0.1) is 10.2 Å². The Balaban J connectivity index is 2.36. The van der Waals surface area contributed by atoms with Crippen LogP contribution in [0.5, 0.6) is 0 Å². The van der Waals surface area contributed by atoms with Crippen molar-refractivity contribution in [1.29, 1.82) is 0 Å². The smallest absolute Gasteiger partial charge is 0.222 e. The van der Waals surface area contributed by atoms with Crippen molar-refractivity contribution in [3.05, 3.63) is 0 Å². The molecule has 8 heteroatoms. The predicted octanol–water partition coefficient (Wildman–Crippen LogP) is -0.0759. The summed E-state index contributed by atoms with van der Waals surface area (Å²) in [7, 11) is -1.09. The van der Waals surface area contributed by atoms with Gasteiger partial charge in [-0.05, 0) is 6.42 Å². The van der Waals surface area contributed by atoms with Crippen molar-refractivity contribution in [3.63, 3.8) is 0 Å². The lowest BCUT2D eigenvalue weighted by molar-refractivity contribution is 0.600. The first-order chi connectivity index (χ1) is 6.90. The van der Waals surface area contributed by atoms with Gasteiger partial charge < -0.3 is 5.73 Å². The molecule has 0 unspecified atom stereocenters. The van der Waals surface area contributed by atoms with Crippen LogP contribution < -0.4 is 5.73 Å². The summed E-state index contributed by atoms with van der Waals surface area (Å²) in [6.07, 6.45) is 1.84. The molecule has 86 valence electrons. The number of nitrogens with zero attached hydrogens (tertiary/aromatic N) is 3. The number of rotatable bonds is 5. The molecule has 0 amide bonds. The Labute approximate surface area is 93.2 Å². The molecule has 0 atom stereocenters. The molecule has 1 aromatic heterocycles. The SMILES string of the molecule is Cn1c(N)nnc1SCCCS(C)(=O)=O. The van der Waals surface area contributed by atoms with E-state index in [4.69, 9.17) is 5.73 Å². The standard InChI is InChI=1S/C7H14N4O2S2/c1-11-6(8)9-10-7(11)14-4-3-5-15(2,12)13/h3-5H2,1-2H3,(H2,8,9). The van der Waals surface area contributed by atoms with E-state index >= 15 is 0 Å². The van der Waals surface area contributed by atoms with Crippen LogP contribution in [0.2, 0.25) is 0 Å². The molecule has 0 radical (unpaired) electrons. The van der Waals surface area contributed by atoms with E-state index in [1.54, 1.807) is 11.6 Å². The first kappa shape index (κ1) is 12.3. The van der Waals surface area contributed by atoms with Crippen molar-refractivity contribution in [2.45, 2.75) is 11.6 Å². The maximum Gasteiger partial charge on any atom is 0.222 e. The predicted molar refractivity (Wildman–Crippen MR) is 60.5 cm³/mol. The maximum atomic E-state index is 10.9. The number of hydrogen-bond donors (Lipinski definition) is 1. The molecular formula is C7H14N4O2S2. The zero-order chi connectivity index (χ0) is 11.5. The summed E-state index contributed by atoms with van der Waals surface area (Å²) in [5, 5.41) is 8.26. The Hall–Kier alpha value is -0.760. The highest BCUT2D eigenvalue weighted by atomic mass is 32.2. The fourth-order valence-electron chi connectivity index (χ4n) is 0.936. The quantitative estimate of drug-likeness (QED) is 0.581. The average molecular weight is 250 g/mol. The molecule has 0 saturated heterocycles. The second-order valence-corrected chi connectivity index (χ2v) is 6.55. The zero-order valence-electron chi connectivity index (χ0n) is 8.67. The van der Waals surface area contributed by atoms with E-state index in [1.807, 2.05) is 0 Å². The Morgan fingerprint density at radius 3 is 2.60 bits per heavy atom. The Kier molecular flexibility index (Phi) is 3.97. The van der Waals surface area contributed by atoms with E-state index in [0.29, 0.717) is 23.3 Å². The number of sulfone groups is 1.